The first-order valence-corrected chi connectivity index (χ1v) is 22.0. The van der Waals surface area contributed by atoms with Crippen molar-refractivity contribution < 1.29 is 8.83 Å². The molecule has 0 amide bonds. The van der Waals surface area contributed by atoms with Crippen LogP contribution in [-0.2, 0) is 0 Å². The van der Waals surface area contributed by atoms with Crippen molar-refractivity contribution in [3.05, 3.63) is 231 Å². The Labute approximate surface area is 368 Å². The van der Waals surface area contributed by atoms with E-state index < -0.39 is 0 Å². The Bertz CT molecular complexity index is 3550. The molecule has 0 aliphatic heterocycles. The molecule has 12 aromatic rings. The highest BCUT2D eigenvalue weighted by Crippen LogP contribution is 2.46. The van der Waals surface area contributed by atoms with Crippen molar-refractivity contribution in [3.63, 3.8) is 0 Å². The van der Waals surface area contributed by atoms with Crippen LogP contribution in [0.5, 0.6) is 0 Å². The Kier molecular flexibility index (Phi) is 8.98. The Hall–Kier alpha value is -8.12. The lowest BCUT2D eigenvalue weighted by molar-refractivity contribution is 0.669. The molecule has 3 aromatic heterocycles. The van der Waals surface area contributed by atoms with Crippen LogP contribution in [-0.4, -0.2) is 0 Å². The number of benzene rings is 9. The van der Waals surface area contributed by atoms with Crippen LogP contribution in [0.3, 0.4) is 0 Å². The van der Waals surface area contributed by atoms with Crippen molar-refractivity contribution in [1.29, 1.82) is 0 Å². The van der Waals surface area contributed by atoms with E-state index >= 15 is 0 Å². The first-order chi connectivity index (χ1) is 31.2. The maximum absolute atomic E-state index is 6.99. The second-order valence-corrected chi connectivity index (χ2v) is 16.7. The van der Waals surface area contributed by atoms with Gasteiger partial charge in [0.15, 0.2) is 11.2 Å². The quantitative estimate of drug-likeness (QED) is 0.145. The third-order valence-corrected chi connectivity index (χ3v) is 13.1. The van der Waals surface area contributed by atoms with Crippen LogP contribution >= 0.6 is 11.3 Å². The summed E-state index contributed by atoms with van der Waals surface area (Å²) in [5, 5.41) is 4.40. The first kappa shape index (κ1) is 36.7. The van der Waals surface area contributed by atoms with Gasteiger partial charge in [0.25, 0.3) is 0 Å². The number of hydrogen-bond donors (Lipinski definition) is 0. The molecule has 63 heavy (non-hydrogen) atoms. The fourth-order valence-corrected chi connectivity index (χ4v) is 9.97. The number of furan rings is 2. The van der Waals surface area contributed by atoms with E-state index in [2.05, 4.69) is 228 Å². The van der Waals surface area contributed by atoms with Gasteiger partial charge in [0, 0.05) is 59.6 Å². The molecule has 0 unspecified atom stereocenters. The molecule has 3 heterocycles. The topological polar surface area (TPSA) is 32.8 Å². The second kappa shape index (κ2) is 15.4. The molecule has 0 aliphatic carbocycles. The standard InChI is InChI=1S/C58H38N2O2S/c1-4-15-41(16-5-1)54-37-38-55(63-54)50-25-12-22-48-49-24-14-27-52(58(49)62-56(48)50)60(43-19-8-3-9-20-43)45-35-31-40(32-36-45)39-29-33-44(34-30-39)59(42-17-6-2-7-18-42)51-26-13-23-47-46-21-10-11-28-53(46)61-57(47)51/h1-38H. The minimum absolute atomic E-state index is 0.851. The van der Waals surface area contributed by atoms with Gasteiger partial charge < -0.3 is 18.6 Å². The van der Waals surface area contributed by atoms with E-state index in [4.69, 9.17) is 8.83 Å². The third-order valence-electron chi connectivity index (χ3n) is 11.9. The number of fused-ring (bicyclic) bond motifs is 6. The van der Waals surface area contributed by atoms with Gasteiger partial charge in [-0.15, -0.1) is 11.3 Å². The Balaban J connectivity index is 0.908. The molecule has 12 rings (SSSR count). The fourth-order valence-electron chi connectivity index (χ4n) is 8.94. The lowest BCUT2D eigenvalue weighted by Crippen LogP contribution is -2.10. The van der Waals surface area contributed by atoms with E-state index in [1.165, 1.54) is 15.3 Å². The first-order valence-electron chi connectivity index (χ1n) is 21.2. The van der Waals surface area contributed by atoms with Crippen LogP contribution in [0.15, 0.2) is 239 Å². The van der Waals surface area contributed by atoms with Crippen LogP contribution in [0, 0.1) is 0 Å². The highest BCUT2D eigenvalue weighted by Gasteiger charge is 2.22. The van der Waals surface area contributed by atoms with E-state index in [-0.39, 0.29) is 0 Å². The van der Waals surface area contributed by atoms with Gasteiger partial charge in [0.2, 0.25) is 0 Å². The van der Waals surface area contributed by atoms with E-state index in [0.29, 0.717) is 0 Å². The summed E-state index contributed by atoms with van der Waals surface area (Å²) in [6, 6.07) is 81.2. The zero-order chi connectivity index (χ0) is 41.7. The minimum Gasteiger partial charge on any atom is -0.454 e. The highest BCUT2D eigenvalue weighted by molar-refractivity contribution is 7.18. The lowest BCUT2D eigenvalue weighted by Gasteiger charge is -2.26. The predicted octanol–water partition coefficient (Wildman–Crippen LogP) is 17.5. The van der Waals surface area contributed by atoms with Crippen molar-refractivity contribution in [3.8, 4) is 32.0 Å². The number of hydrogen-bond acceptors (Lipinski definition) is 5. The summed E-state index contributed by atoms with van der Waals surface area (Å²) in [5.41, 5.74) is 14.2. The zero-order valence-corrected chi connectivity index (χ0v) is 34.9. The molecule has 5 heteroatoms. The average molecular weight is 827 g/mol. The van der Waals surface area contributed by atoms with Crippen molar-refractivity contribution in [2.24, 2.45) is 0 Å². The second-order valence-electron chi connectivity index (χ2n) is 15.7. The number of nitrogens with zero attached hydrogens (tertiary/aromatic N) is 2. The summed E-state index contributed by atoms with van der Waals surface area (Å²) >= 11 is 1.79. The van der Waals surface area contributed by atoms with Gasteiger partial charge >= 0.3 is 0 Å². The molecule has 0 saturated carbocycles. The van der Waals surface area contributed by atoms with Gasteiger partial charge in [-0.25, -0.2) is 0 Å². The highest BCUT2D eigenvalue weighted by atomic mass is 32.1. The number of rotatable bonds is 9. The lowest BCUT2D eigenvalue weighted by atomic mass is 10.0. The van der Waals surface area contributed by atoms with Gasteiger partial charge in [0.1, 0.15) is 11.2 Å². The maximum Gasteiger partial charge on any atom is 0.159 e. The van der Waals surface area contributed by atoms with Crippen LogP contribution in [0.4, 0.5) is 34.1 Å². The van der Waals surface area contributed by atoms with Crippen LogP contribution in [0.1, 0.15) is 0 Å². The Morgan fingerprint density at radius 2 is 0.730 bits per heavy atom. The molecule has 9 aromatic carbocycles. The molecule has 0 fully saturated rings. The van der Waals surface area contributed by atoms with E-state index in [1.54, 1.807) is 11.3 Å². The number of para-hydroxylation sites is 6. The van der Waals surface area contributed by atoms with E-state index in [1.807, 2.05) is 12.1 Å². The SMILES string of the molecule is c1ccc(-c2ccc(-c3cccc4c3oc3c(N(c5ccccc5)c5ccc(-c6ccc(N(c7ccccc7)c7cccc8c7oc7ccccc78)cc6)cc5)cccc34)s2)cc1. The van der Waals surface area contributed by atoms with Crippen molar-refractivity contribution in [2.75, 3.05) is 9.80 Å². The molecule has 0 spiro atoms. The predicted molar refractivity (Wildman–Crippen MR) is 265 cm³/mol. The summed E-state index contributed by atoms with van der Waals surface area (Å²) in [6.07, 6.45) is 0. The molecular weight excluding hydrogens is 789 g/mol. The van der Waals surface area contributed by atoms with Crippen molar-refractivity contribution >= 4 is 89.3 Å². The van der Waals surface area contributed by atoms with Crippen LogP contribution < -0.4 is 9.80 Å². The summed E-state index contributed by atoms with van der Waals surface area (Å²) < 4.78 is 13.5. The average Bonchev–Trinajstić information content (AvgIpc) is 4.10. The molecule has 4 nitrogen and oxygen atoms in total. The van der Waals surface area contributed by atoms with Gasteiger partial charge in [-0.2, -0.15) is 0 Å². The smallest absolute Gasteiger partial charge is 0.159 e. The molecule has 0 radical (unpaired) electrons. The van der Waals surface area contributed by atoms with Gasteiger partial charge in [-0.1, -0.05) is 146 Å². The summed E-state index contributed by atoms with van der Waals surface area (Å²) in [6.45, 7) is 0. The zero-order valence-electron chi connectivity index (χ0n) is 34.1. The maximum atomic E-state index is 6.99. The number of anilines is 6. The molecule has 0 aliphatic rings. The molecule has 0 saturated heterocycles. The molecule has 0 N–H and O–H groups in total. The van der Waals surface area contributed by atoms with Crippen LogP contribution in [0.2, 0.25) is 0 Å². The normalized spacial score (nSPS) is 11.5. The molecule has 0 atom stereocenters. The van der Waals surface area contributed by atoms with Gasteiger partial charge in [-0.3, -0.25) is 0 Å². The molecular formula is C58H38N2O2S. The van der Waals surface area contributed by atoms with Gasteiger partial charge in [0.05, 0.1) is 11.4 Å². The van der Waals surface area contributed by atoms with E-state index in [0.717, 1.165) is 94.7 Å². The summed E-state index contributed by atoms with van der Waals surface area (Å²) in [7, 11) is 0. The summed E-state index contributed by atoms with van der Waals surface area (Å²) in [5.74, 6) is 0. The largest absolute Gasteiger partial charge is 0.454 e. The van der Waals surface area contributed by atoms with Crippen LogP contribution in [0.25, 0.3) is 75.9 Å². The fraction of sp³-hybridized carbons (Fsp3) is 0. The number of thiophene rings is 1. The minimum atomic E-state index is 0.851. The monoisotopic (exact) mass is 826 g/mol. The van der Waals surface area contributed by atoms with E-state index in [9.17, 15) is 0 Å². The Morgan fingerprint density at radius 3 is 1.33 bits per heavy atom. The third kappa shape index (κ3) is 6.46. The molecule has 0 bridgehead atoms. The van der Waals surface area contributed by atoms with Crippen molar-refractivity contribution in [2.45, 2.75) is 0 Å². The molecule has 298 valence electrons. The van der Waals surface area contributed by atoms with Crippen molar-refractivity contribution in [1.82, 2.24) is 0 Å². The summed E-state index contributed by atoms with van der Waals surface area (Å²) in [4.78, 5) is 6.99. The Morgan fingerprint density at radius 1 is 0.286 bits per heavy atom. The van der Waals surface area contributed by atoms with Gasteiger partial charge in [-0.05, 0) is 102 Å².